The van der Waals surface area contributed by atoms with Crippen molar-refractivity contribution < 1.29 is 19.1 Å². The van der Waals surface area contributed by atoms with Gasteiger partial charge in [-0.2, -0.15) is 0 Å². The SMILES string of the molecule is CCCCNC(=O)[C@H](C)N(Cc1ccc(Br)cc1)C(=O)CCc1ccc2c(c1)OCCO2. The largest absolute Gasteiger partial charge is 0.486 e. The Hall–Kier alpha value is -2.54. The van der Waals surface area contributed by atoms with Gasteiger partial charge in [-0.25, -0.2) is 0 Å². The molecule has 1 N–H and O–H groups in total. The Morgan fingerprint density at radius 2 is 1.75 bits per heavy atom. The predicted molar refractivity (Wildman–Crippen MR) is 128 cm³/mol. The van der Waals surface area contributed by atoms with Crippen LogP contribution in [0.5, 0.6) is 11.5 Å². The molecule has 7 heteroatoms. The molecule has 3 rings (SSSR count). The minimum atomic E-state index is -0.553. The third-order valence-corrected chi connectivity index (χ3v) is 6.03. The van der Waals surface area contributed by atoms with E-state index < -0.39 is 6.04 Å². The summed E-state index contributed by atoms with van der Waals surface area (Å²) in [7, 11) is 0. The summed E-state index contributed by atoms with van der Waals surface area (Å²) in [6.07, 6.45) is 2.80. The molecule has 32 heavy (non-hydrogen) atoms. The van der Waals surface area contributed by atoms with Crippen LogP contribution in [0.1, 0.15) is 44.2 Å². The lowest BCUT2D eigenvalue weighted by Gasteiger charge is -2.29. The average Bonchev–Trinajstić information content (AvgIpc) is 2.81. The van der Waals surface area contributed by atoms with Crippen LogP contribution in [0.15, 0.2) is 46.9 Å². The third kappa shape index (κ3) is 6.73. The second kappa shape index (κ2) is 11.9. The first-order valence-corrected chi connectivity index (χ1v) is 12.0. The van der Waals surface area contributed by atoms with Gasteiger partial charge < -0.3 is 19.7 Å². The highest BCUT2D eigenvalue weighted by molar-refractivity contribution is 9.10. The van der Waals surface area contributed by atoms with Gasteiger partial charge in [0, 0.05) is 24.0 Å². The van der Waals surface area contributed by atoms with E-state index in [0.29, 0.717) is 39.1 Å². The number of fused-ring (bicyclic) bond motifs is 1. The van der Waals surface area contributed by atoms with Gasteiger partial charge in [-0.15, -0.1) is 0 Å². The molecule has 1 heterocycles. The Morgan fingerprint density at radius 1 is 1.06 bits per heavy atom. The van der Waals surface area contributed by atoms with Crippen molar-refractivity contribution in [2.24, 2.45) is 0 Å². The first-order valence-electron chi connectivity index (χ1n) is 11.2. The molecule has 0 spiro atoms. The number of aryl methyl sites for hydroxylation is 1. The van der Waals surface area contributed by atoms with Crippen LogP contribution in [0.3, 0.4) is 0 Å². The Morgan fingerprint density at radius 3 is 2.47 bits per heavy atom. The lowest BCUT2D eigenvalue weighted by molar-refractivity contribution is -0.140. The Bertz CT molecular complexity index is 917. The lowest BCUT2D eigenvalue weighted by Crippen LogP contribution is -2.47. The number of unbranched alkanes of at least 4 members (excludes halogenated alkanes) is 1. The molecule has 0 aliphatic carbocycles. The first-order chi connectivity index (χ1) is 15.5. The zero-order valence-corrected chi connectivity index (χ0v) is 20.3. The fourth-order valence-electron chi connectivity index (χ4n) is 3.54. The van der Waals surface area contributed by atoms with E-state index in [-0.39, 0.29) is 11.8 Å². The van der Waals surface area contributed by atoms with E-state index in [4.69, 9.17) is 9.47 Å². The Kier molecular flexibility index (Phi) is 8.97. The molecule has 0 aromatic heterocycles. The van der Waals surface area contributed by atoms with Crippen molar-refractivity contribution in [3.05, 3.63) is 58.1 Å². The molecule has 2 amide bonds. The second-order valence-corrected chi connectivity index (χ2v) is 8.86. The van der Waals surface area contributed by atoms with E-state index in [2.05, 4.69) is 28.2 Å². The normalized spacial score (nSPS) is 13.3. The molecule has 2 aromatic rings. The Labute approximate surface area is 198 Å². The molecule has 0 radical (unpaired) electrons. The summed E-state index contributed by atoms with van der Waals surface area (Å²) in [5.41, 5.74) is 1.99. The molecule has 0 unspecified atom stereocenters. The molecule has 2 aromatic carbocycles. The molecule has 1 atom stereocenters. The van der Waals surface area contributed by atoms with Gasteiger partial charge in [0.1, 0.15) is 19.3 Å². The van der Waals surface area contributed by atoms with Gasteiger partial charge in [-0.3, -0.25) is 9.59 Å². The summed E-state index contributed by atoms with van der Waals surface area (Å²) in [5.74, 6) is 1.28. The van der Waals surface area contributed by atoms with Crippen molar-refractivity contribution in [2.45, 2.75) is 52.1 Å². The zero-order chi connectivity index (χ0) is 22.9. The maximum absolute atomic E-state index is 13.2. The number of nitrogens with zero attached hydrogens (tertiary/aromatic N) is 1. The molecule has 1 aliphatic heterocycles. The number of amides is 2. The van der Waals surface area contributed by atoms with E-state index in [9.17, 15) is 9.59 Å². The molecule has 1 aliphatic rings. The summed E-state index contributed by atoms with van der Waals surface area (Å²) in [4.78, 5) is 27.6. The van der Waals surface area contributed by atoms with E-state index in [1.165, 1.54) is 0 Å². The van der Waals surface area contributed by atoms with Crippen LogP contribution >= 0.6 is 15.9 Å². The van der Waals surface area contributed by atoms with Crippen LogP contribution in [0.4, 0.5) is 0 Å². The van der Waals surface area contributed by atoms with Crippen molar-refractivity contribution in [1.82, 2.24) is 10.2 Å². The van der Waals surface area contributed by atoms with Crippen LogP contribution in [-0.2, 0) is 22.6 Å². The van der Waals surface area contributed by atoms with Gasteiger partial charge in [0.2, 0.25) is 11.8 Å². The summed E-state index contributed by atoms with van der Waals surface area (Å²) >= 11 is 3.44. The standard InChI is InChI=1S/C25H31BrN2O4/c1-3-4-13-27-25(30)18(2)28(17-20-5-9-21(26)10-6-20)24(29)12-8-19-7-11-22-23(16-19)32-15-14-31-22/h5-7,9-11,16,18H,3-4,8,12-15,17H2,1-2H3,(H,27,30)/t18-/m0/s1. The van der Waals surface area contributed by atoms with Crippen LogP contribution in [0.2, 0.25) is 0 Å². The number of hydrogen-bond donors (Lipinski definition) is 1. The average molecular weight is 503 g/mol. The first kappa shape index (κ1) is 24.1. The van der Waals surface area contributed by atoms with Crippen molar-refractivity contribution in [3.8, 4) is 11.5 Å². The van der Waals surface area contributed by atoms with Crippen molar-refractivity contribution in [1.29, 1.82) is 0 Å². The molecule has 0 fully saturated rings. The number of hydrogen-bond acceptors (Lipinski definition) is 4. The monoisotopic (exact) mass is 502 g/mol. The fourth-order valence-corrected chi connectivity index (χ4v) is 3.81. The predicted octanol–water partition coefficient (Wildman–Crippen LogP) is 4.49. The van der Waals surface area contributed by atoms with Gasteiger partial charge >= 0.3 is 0 Å². The van der Waals surface area contributed by atoms with Crippen LogP contribution in [0, 0.1) is 0 Å². The molecule has 172 valence electrons. The maximum atomic E-state index is 13.2. The van der Waals surface area contributed by atoms with Gasteiger partial charge in [-0.05, 0) is 55.2 Å². The highest BCUT2D eigenvalue weighted by Gasteiger charge is 2.26. The quantitative estimate of drug-likeness (QED) is 0.486. The van der Waals surface area contributed by atoms with Gasteiger partial charge in [0.15, 0.2) is 11.5 Å². The number of halogens is 1. The number of ether oxygens (including phenoxy) is 2. The van der Waals surface area contributed by atoms with Crippen LogP contribution in [-0.4, -0.2) is 42.5 Å². The summed E-state index contributed by atoms with van der Waals surface area (Å²) in [6.45, 7) is 5.96. The molecular weight excluding hydrogens is 472 g/mol. The number of benzene rings is 2. The summed E-state index contributed by atoms with van der Waals surface area (Å²) < 4.78 is 12.2. The van der Waals surface area contributed by atoms with Crippen LogP contribution in [0.25, 0.3) is 0 Å². The second-order valence-electron chi connectivity index (χ2n) is 7.95. The third-order valence-electron chi connectivity index (χ3n) is 5.50. The molecule has 0 saturated carbocycles. The topological polar surface area (TPSA) is 67.9 Å². The molecular formula is C25H31BrN2O4. The van der Waals surface area contributed by atoms with Gasteiger partial charge in [0.05, 0.1) is 0 Å². The van der Waals surface area contributed by atoms with Crippen molar-refractivity contribution >= 4 is 27.7 Å². The van der Waals surface area contributed by atoms with Crippen molar-refractivity contribution in [2.75, 3.05) is 19.8 Å². The number of carbonyl (C=O) groups excluding carboxylic acids is 2. The smallest absolute Gasteiger partial charge is 0.242 e. The summed E-state index contributed by atoms with van der Waals surface area (Å²) in [5, 5.41) is 2.95. The van der Waals surface area contributed by atoms with E-state index in [0.717, 1.165) is 39.9 Å². The minimum Gasteiger partial charge on any atom is -0.486 e. The van der Waals surface area contributed by atoms with E-state index in [1.54, 1.807) is 11.8 Å². The lowest BCUT2D eigenvalue weighted by atomic mass is 10.1. The van der Waals surface area contributed by atoms with Gasteiger partial charge in [-0.1, -0.05) is 47.5 Å². The fraction of sp³-hybridized carbons (Fsp3) is 0.440. The zero-order valence-electron chi connectivity index (χ0n) is 18.7. The number of rotatable bonds is 10. The molecule has 0 saturated heterocycles. The maximum Gasteiger partial charge on any atom is 0.242 e. The summed E-state index contributed by atoms with van der Waals surface area (Å²) in [6, 6.07) is 13.0. The van der Waals surface area contributed by atoms with Crippen LogP contribution < -0.4 is 14.8 Å². The number of carbonyl (C=O) groups is 2. The van der Waals surface area contributed by atoms with Crippen molar-refractivity contribution in [3.63, 3.8) is 0 Å². The molecule has 6 nitrogen and oxygen atoms in total. The van der Waals surface area contributed by atoms with Gasteiger partial charge in [0.25, 0.3) is 0 Å². The highest BCUT2D eigenvalue weighted by atomic mass is 79.9. The molecule has 0 bridgehead atoms. The minimum absolute atomic E-state index is 0.0547. The number of nitrogens with one attached hydrogen (secondary N) is 1. The van der Waals surface area contributed by atoms with E-state index >= 15 is 0 Å². The highest BCUT2D eigenvalue weighted by Crippen LogP contribution is 2.31. The Balaban J connectivity index is 1.68. The van der Waals surface area contributed by atoms with E-state index in [1.807, 2.05) is 42.5 Å².